The van der Waals surface area contributed by atoms with E-state index in [0.717, 1.165) is 18.4 Å². The van der Waals surface area contributed by atoms with Crippen molar-refractivity contribution in [2.45, 2.75) is 38.5 Å². The van der Waals surface area contributed by atoms with E-state index in [1.165, 1.54) is 12.1 Å². The third-order valence-corrected chi connectivity index (χ3v) is 6.49. The number of ether oxygens (including phenoxy) is 1. The Morgan fingerprint density at radius 1 is 1.21 bits per heavy atom. The van der Waals surface area contributed by atoms with Gasteiger partial charge in [-0.05, 0) is 74.6 Å². The molecule has 1 unspecified atom stereocenters. The summed E-state index contributed by atoms with van der Waals surface area (Å²) in [7, 11) is -3.81. The number of nitrogens with zero attached hydrogens (tertiary/aromatic N) is 1. The van der Waals surface area contributed by atoms with Gasteiger partial charge < -0.3 is 9.64 Å². The predicted octanol–water partition coefficient (Wildman–Crippen LogP) is 4.07. The number of carbonyl (C=O) groups is 1. The Morgan fingerprint density at radius 3 is 2.59 bits per heavy atom. The highest BCUT2D eigenvalue weighted by Crippen LogP contribution is 2.24. The second-order valence-corrected chi connectivity index (χ2v) is 9.22. The van der Waals surface area contributed by atoms with E-state index in [9.17, 15) is 13.2 Å². The second-order valence-electron chi connectivity index (χ2n) is 7.54. The third-order valence-electron chi connectivity index (χ3n) is 5.11. The van der Waals surface area contributed by atoms with Crippen molar-refractivity contribution in [1.29, 1.82) is 0 Å². The fourth-order valence-corrected chi connectivity index (χ4v) is 4.63. The number of sulfonamides is 1. The minimum absolute atomic E-state index is 0.0744. The first-order chi connectivity index (χ1) is 13.8. The van der Waals surface area contributed by atoms with Crippen LogP contribution in [0.1, 0.15) is 42.6 Å². The van der Waals surface area contributed by atoms with Gasteiger partial charge in [-0.2, -0.15) is 0 Å². The van der Waals surface area contributed by atoms with Crippen LogP contribution in [0.2, 0.25) is 0 Å². The molecular weight excluding hydrogens is 388 g/mol. The van der Waals surface area contributed by atoms with Gasteiger partial charge in [0, 0.05) is 24.3 Å². The Hall–Kier alpha value is -2.54. The summed E-state index contributed by atoms with van der Waals surface area (Å²) in [4.78, 5) is 14.9. The zero-order chi connectivity index (χ0) is 21.0. The van der Waals surface area contributed by atoms with Gasteiger partial charge in [0.05, 0.1) is 11.5 Å². The molecule has 0 aromatic heterocycles. The number of hydrogen-bond acceptors (Lipinski definition) is 4. The number of hydrogen-bond donors (Lipinski definition) is 1. The monoisotopic (exact) mass is 416 g/mol. The summed E-state index contributed by atoms with van der Waals surface area (Å²) >= 11 is 0. The van der Waals surface area contributed by atoms with Crippen LogP contribution in [0, 0.1) is 12.8 Å². The van der Waals surface area contributed by atoms with Crippen LogP contribution in [-0.2, 0) is 10.0 Å². The number of amides is 1. The zero-order valence-corrected chi connectivity index (χ0v) is 18.0. The number of nitrogens with one attached hydrogen (secondary N) is 1. The molecule has 1 N–H and O–H groups in total. The molecule has 156 valence electrons. The summed E-state index contributed by atoms with van der Waals surface area (Å²) in [5.41, 5.74) is 1.65. The molecular formula is C22H28N2O4S. The Kier molecular flexibility index (Phi) is 6.47. The van der Waals surface area contributed by atoms with Crippen molar-refractivity contribution in [3.8, 4) is 5.75 Å². The minimum Gasteiger partial charge on any atom is -0.494 e. The highest BCUT2D eigenvalue weighted by Gasteiger charge is 2.25. The van der Waals surface area contributed by atoms with E-state index in [4.69, 9.17) is 4.74 Å². The number of anilines is 1. The molecule has 6 nitrogen and oxygen atoms in total. The maximum absolute atomic E-state index is 13.0. The van der Waals surface area contributed by atoms with Crippen LogP contribution < -0.4 is 9.46 Å². The van der Waals surface area contributed by atoms with Crippen LogP contribution in [0.5, 0.6) is 5.75 Å². The standard InChI is InChI=1S/C22H28N2O4S/c1-4-28-19-10-8-18(9-11-19)23-29(26,27)20-12-7-17(3)21(14-20)22(25)24-13-5-6-16(2)15-24/h7-12,14,16,23H,4-6,13,15H2,1-3H3. The van der Waals surface area contributed by atoms with Crippen molar-refractivity contribution in [2.75, 3.05) is 24.4 Å². The second kappa shape index (κ2) is 8.86. The van der Waals surface area contributed by atoms with Crippen molar-refractivity contribution in [3.63, 3.8) is 0 Å². The van der Waals surface area contributed by atoms with E-state index in [1.807, 2.05) is 18.7 Å². The lowest BCUT2D eigenvalue weighted by Gasteiger charge is -2.31. The topological polar surface area (TPSA) is 75.7 Å². The van der Waals surface area contributed by atoms with Crippen LogP contribution in [0.25, 0.3) is 0 Å². The lowest BCUT2D eigenvalue weighted by molar-refractivity contribution is 0.0682. The Balaban J connectivity index is 1.82. The molecule has 1 heterocycles. The summed E-state index contributed by atoms with van der Waals surface area (Å²) in [6.07, 6.45) is 2.09. The molecule has 0 spiro atoms. The first kappa shape index (κ1) is 21.2. The molecule has 0 radical (unpaired) electrons. The number of benzene rings is 2. The Bertz CT molecular complexity index is 971. The zero-order valence-electron chi connectivity index (χ0n) is 17.1. The lowest BCUT2D eigenvalue weighted by atomic mass is 9.99. The quantitative estimate of drug-likeness (QED) is 0.770. The largest absolute Gasteiger partial charge is 0.494 e. The summed E-state index contributed by atoms with van der Waals surface area (Å²) in [6, 6.07) is 11.4. The lowest BCUT2D eigenvalue weighted by Crippen LogP contribution is -2.39. The van der Waals surface area contributed by atoms with E-state index in [0.29, 0.717) is 42.6 Å². The highest BCUT2D eigenvalue weighted by atomic mass is 32.2. The SMILES string of the molecule is CCOc1ccc(NS(=O)(=O)c2ccc(C)c(C(=O)N3CCCC(C)C3)c2)cc1. The van der Waals surface area contributed by atoms with Gasteiger partial charge in [-0.3, -0.25) is 9.52 Å². The van der Waals surface area contributed by atoms with Gasteiger partial charge in [-0.15, -0.1) is 0 Å². The first-order valence-electron chi connectivity index (χ1n) is 9.95. The molecule has 7 heteroatoms. The minimum atomic E-state index is -3.81. The van der Waals surface area contributed by atoms with Gasteiger partial charge in [0.15, 0.2) is 0 Å². The van der Waals surface area contributed by atoms with Crippen molar-refractivity contribution in [1.82, 2.24) is 4.90 Å². The Labute approximate surface area is 172 Å². The average Bonchev–Trinajstić information content (AvgIpc) is 2.69. The van der Waals surface area contributed by atoms with Crippen molar-refractivity contribution >= 4 is 21.6 Å². The van der Waals surface area contributed by atoms with E-state index in [1.54, 1.807) is 30.3 Å². The fraction of sp³-hybridized carbons (Fsp3) is 0.409. The molecule has 0 saturated carbocycles. The van der Waals surface area contributed by atoms with Crippen LogP contribution in [0.15, 0.2) is 47.4 Å². The van der Waals surface area contributed by atoms with Crippen molar-refractivity contribution < 1.29 is 17.9 Å². The molecule has 0 bridgehead atoms. The van der Waals surface area contributed by atoms with Gasteiger partial charge in [0.2, 0.25) is 0 Å². The van der Waals surface area contributed by atoms with Gasteiger partial charge >= 0.3 is 0 Å². The number of likely N-dealkylation sites (tertiary alicyclic amines) is 1. The molecule has 1 saturated heterocycles. The number of carbonyl (C=O) groups excluding carboxylic acids is 1. The summed E-state index contributed by atoms with van der Waals surface area (Å²) in [5, 5.41) is 0. The fourth-order valence-electron chi connectivity index (χ4n) is 3.54. The molecule has 1 amide bonds. The molecule has 1 aliphatic rings. The summed E-state index contributed by atoms with van der Waals surface area (Å²) in [6.45, 7) is 7.81. The molecule has 2 aromatic rings. The van der Waals surface area contributed by atoms with Gasteiger partial charge in [0.1, 0.15) is 5.75 Å². The van der Waals surface area contributed by atoms with Crippen LogP contribution >= 0.6 is 0 Å². The van der Waals surface area contributed by atoms with Crippen LogP contribution in [0.4, 0.5) is 5.69 Å². The summed E-state index contributed by atoms with van der Waals surface area (Å²) in [5.74, 6) is 1.03. The van der Waals surface area contributed by atoms with Crippen LogP contribution in [0.3, 0.4) is 0 Å². The molecule has 1 fully saturated rings. The maximum atomic E-state index is 13.0. The normalized spacial score (nSPS) is 17.1. The van der Waals surface area contributed by atoms with E-state index in [2.05, 4.69) is 11.6 Å². The van der Waals surface area contributed by atoms with Crippen molar-refractivity contribution in [3.05, 3.63) is 53.6 Å². The number of rotatable bonds is 6. The molecule has 0 aliphatic carbocycles. The highest BCUT2D eigenvalue weighted by molar-refractivity contribution is 7.92. The van der Waals surface area contributed by atoms with Gasteiger partial charge in [-0.1, -0.05) is 13.0 Å². The smallest absolute Gasteiger partial charge is 0.261 e. The van der Waals surface area contributed by atoms with E-state index in [-0.39, 0.29) is 10.8 Å². The molecule has 29 heavy (non-hydrogen) atoms. The van der Waals surface area contributed by atoms with Gasteiger partial charge in [-0.25, -0.2) is 8.42 Å². The Morgan fingerprint density at radius 2 is 1.93 bits per heavy atom. The number of aryl methyl sites for hydroxylation is 1. The van der Waals surface area contributed by atoms with E-state index >= 15 is 0 Å². The van der Waals surface area contributed by atoms with E-state index < -0.39 is 10.0 Å². The molecule has 3 rings (SSSR count). The summed E-state index contributed by atoms with van der Waals surface area (Å²) < 4.78 is 33.7. The molecule has 2 aromatic carbocycles. The average molecular weight is 417 g/mol. The molecule has 1 aliphatic heterocycles. The molecule has 1 atom stereocenters. The number of piperidine rings is 1. The van der Waals surface area contributed by atoms with Gasteiger partial charge in [0.25, 0.3) is 15.9 Å². The predicted molar refractivity (Wildman–Crippen MR) is 114 cm³/mol. The maximum Gasteiger partial charge on any atom is 0.261 e. The first-order valence-corrected chi connectivity index (χ1v) is 11.4. The third kappa shape index (κ3) is 5.09. The van der Waals surface area contributed by atoms with Crippen molar-refractivity contribution in [2.24, 2.45) is 5.92 Å². The van der Waals surface area contributed by atoms with Crippen LogP contribution in [-0.4, -0.2) is 38.9 Å².